The van der Waals surface area contributed by atoms with E-state index in [4.69, 9.17) is 0 Å². The van der Waals surface area contributed by atoms with Gasteiger partial charge in [0.15, 0.2) is 0 Å². The van der Waals surface area contributed by atoms with Crippen LogP contribution in [-0.4, -0.2) is 70.0 Å². The fraction of sp³-hybridized carbons (Fsp3) is 0.348. The van der Waals surface area contributed by atoms with E-state index in [2.05, 4.69) is 15.0 Å². The van der Waals surface area contributed by atoms with E-state index in [-0.39, 0.29) is 24.9 Å². The molecule has 0 saturated carbocycles. The van der Waals surface area contributed by atoms with E-state index in [0.717, 1.165) is 22.5 Å². The van der Waals surface area contributed by atoms with Gasteiger partial charge in [-0.3, -0.25) is 4.98 Å². The number of rotatable bonds is 6. The Morgan fingerprint density at radius 3 is 2.47 bits per heavy atom. The monoisotopic (exact) mass is 440 g/mol. The van der Waals surface area contributed by atoms with Crippen molar-refractivity contribution in [3.8, 4) is 5.69 Å². The second kappa shape index (κ2) is 9.76. The summed E-state index contributed by atoms with van der Waals surface area (Å²) in [7, 11) is 0. The van der Waals surface area contributed by atoms with Gasteiger partial charge in [-0.15, -0.1) is 0 Å². The summed E-state index contributed by atoms with van der Waals surface area (Å²) in [5.41, 5.74) is 3.72. The molecule has 0 radical (unpaired) electrons. The number of alkyl halides is 1. The van der Waals surface area contributed by atoms with Crippen molar-refractivity contribution in [3.05, 3.63) is 72.1 Å². The fourth-order valence-corrected chi connectivity index (χ4v) is 3.85. The molecule has 0 atom stereocenters. The fourth-order valence-electron chi connectivity index (χ4n) is 3.85. The summed E-state index contributed by atoms with van der Waals surface area (Å²) in [6.07, 6.45) is 7.32. The molecule has 1 saturated heterocycles. The average Bonchev–Trinajstić information content (AvgIpc) is 3.26. The number of hydrogen-bond acceptors (Lipinski definition) is 4. The molecule has 7 nitrogen and oxygen atoms in total. The lowest BCUT2D eigenvalue weighted by Crippen LogP contribution is -2.53. The van der Waals surface area contributed by atoms with E-state index in [9.17, 15) is 13.6 Å². The zero-order valence-electron chi connectivity index (χ0n) is 18.0. The molecule has 3 aromatic rings. The first-order chi connectivity index (χ1) is 15.5. The van der Waals surface area contributed by atoms with E-state index >= 15 is 0 Å². The maximum Gasteiger partial charge on any atom is 0.320 e. The molecule has 1 aliphatic heterocycles. The number of anilines is 1. The van der Waals surface area contributed by atoms with Crippen molar-refractivity contribution in [1.82, 2.24) is 24.6 Å². The molecule has 3 heterocycles. The molecule has 2 amide bonds. The molecular weight excluding hydrogens is 414 g/mol. The van der Waals surface area contributed by atoms with Gasteiger partial charge in [-0.05, 0) is 36.2 Å². The number of aryl methyl sites for hydroxylation is 1. The minimum Gasteiger partial charge on any atom is -0.365 e. The third-order valence-corrected chi connectivity index (χ3v) is 5.54. The number of carbonyl (C=O) groups excluding carboxylic acids is 1. The lowest BCUT2D eigenvalue weighted by molar-refractivity contribution is 0.143. The Hall–Kier alpha value is -3.49. The lowest BCUT2D eigenvalue weighted by Gasteiger charge is -2.38. The molecule has 0 unspecified atom stereocenters. The van der Waals surface area contributed by atoms with Crippen LogP contribution in [0.2, 0.25) is 0 Å². The maximum absolute atomic E-state index is 13.2. The number of benzene rings is 1. The van der Waals surface area contributed by atoms with Gasteiger partial charge in [0.25, 0.3) is 0 Å². The maximum atomic E-state index is 13.2. The normalized spacial score (nSPS) is 14.0. The molecule has 0 spiro atoms. The molecule has 168 valence electrons. The Labute approximate surface area is 185 Å². The molecule has 1 aliphatic rings. The largest absolute Gasteiger partial charge is 0.365 e. The van der Waals surface area contributed by atoms with Crippen molar-refractivity contribution in [2.24, 2.45) is 0 Å². The minimum atomic E-state index is -0.630. The molecule has 1 fully saturated rings. The van der Waals surface area contributed by atoms with Crippen LogP contribution in [0.5, 0.6) is 0 Å². The van der Waals surface area contributed by atoms with Gasteiger partial charge in [-0.2, -0.15) is 5.10 Å². The standard InChI is InChI=1S/C23H26F2N6O/c1-18-14-27-31(16-18)21-6-8-26-15-22(21)28-10-12-29(13-11-28)23(32)30(9-7-24)17-19-2-4-20(25)5-3-19/h2-6,8,14-16H,7,9-13,17H2,1H3. The molecule has 9 heteroatoms. The van der Waals surface area contributed by atoms with Gasteiger partial charge in [-0.1, -0.05) is 12.1 Å². The predicted octanol–water partition coefficient (Wildman–Crippen LogP) is 3.43. The van der Waals surface area contributed by atoms with Crippen molar-refractivity contribution >= 4 is 11.7 Å². The number of aromatic nitrogens is 3. The second-order valence-electron chi connectivity index (χ2n) is 7.82. The van der Waals surface area contributed by atoms with Gasteiger partial charge in [0.05, 0.1) is 30.3 Å². The number of pyridine rings is 1. The van der Waals surface area contributed by atoms with E-state index in [1.807, 2.05) is 30.1 Å². The van der Waals surface area contributed by atoms with Crippen LogP contribution >= 0.6 is 0 Å². The highest BCUT2D eigenvalue weighted by molar-refractivity contribution is 5.75. The van der Waals surface area contributed by atoms with Crippen molar-refractivity contribution < 1.29 is 13.6 Å². The first-order valence-corrected chi connectivity index (χ1v) is 10.6. The Morgan fingerprint density at radius 1 is 1.06 bits per heavy atom. The zero-order valence-corrected chi connectivity index (χ0v) is 18.0. The van der Waals surface area contributed by atoms with Crippen LogP contribution in [-0.2, 0) is 6.54 Å². The van der Waals surface area contributed by atoms with Crippen molar-refractivity contribution in [2.75, 3.05) is 44.3 Å². The SMILES string of the molecule is Cc1cnn(-c2ccncc2N2CCN(C(=O)N(CCF)Cc3ccc(F)cc3)CC2)c1. The number of nitrogens with zero attached hydrogens (tertiary/aromatic N) is 6. The topological polar surface area (TPSA) is 57.5 Å². The number of halogens is 2. The van der Waals surface area contributed by atoms with Crippen molar-refractivity contribution in [3.63, 3.8) is 0 Å². The molecule has 1 aromatic carbocycles. The van der Waals surface area contributed by atoms with Crippen LogP contribution in [0.1, 0.15) is 11.1 Å². The summed E-state index contributed by atoms with van der Waals surface area (Å²) < 4.78 is 28.1. The quantitative estimate of drug-likeness (QED) is 0.589. The van der Waals surface area contributed by atoms with Crippen LogP contribution in [0.4, 0.5) is 19.3 Å². The molecule has 0 aliphatic carbocycles. The third-order valence-electron chi connectivity index (χ3n) is 5.54. The second-order valence-corrected chi connectivity index (χ2v) is 7.82. The molecule has 32 heavy (non-hydrogen) atoms. The van der Waals surface area contributed by atoms with Gasteiger partial charge in [0.1, 0.15) is 12.5 Å². The predicted molar refractivity (Wildman–Crippen MR) is 118 cm³/mol. The summed E-state index contributed by atoms with van der Waals surface area (Å²) >= 11 is 0. The highest BCUT2D eigenvalue weighted by atomic mass is 19.1. The minimum absolute atomic E-state index is 0.00181. The number of hydrogen-bond donors (Lipinski definition) is 0. The molecule has 0 N–H and O–H groups in total. The Bertz CT molecular complexity index is 1050. The summed E-state index contributed by atoms with van der Waals surface area (Å²) in [6.45, 7) is 3.89. The van der Waals surface area contributed by atoms with Crippen LogP contribution in [0.15, 0.2) is 55.1 Å². The van der Waals surface area contributed by atoms with Gasteiger partial charge in [0.2, 0.25) is 0 Å². The summed E-state index contributed by atoms with van der Waals surface area (Å²) in [4.78, 5) is 22.7. The highest BCUT2D eigenvalue weighted by Crippen LogP contribution is 2.24. The van der Waals surface area contributed by atoms with E-state index in [0.29, 0.717) is 26.2 Å². The van der Waals surface area contributed by atoms with Crippen LogP contribution in [0.3, 0.4) is 0 Å². The number of urea groups is 1. The molecule has 4 rings (SSSR count). The summed E-state index contributed by atoms with van der Waals surface area (Å²) in [6, 6.07) is 7.64. The summed E-state index contributed by atoms with van der Waals surface area (Å²) in [5.74, 6) is -0.340. The van der Waals surface area contributed by atoms with Crippen molar-refractivity contribution in [2.45, 2.75) is 13.5 Å². The summed E-state index contributed by atoms with van der Waals surface area (Å²) in [5, 5.41) is 4.41. The average molecular weight is 440 g/mol. The van der Waals surface area contributed by atoms with E-state index < -0.39 is 6.67 Å². The highest BCUT2D eigenvalue weighted by Gasteiger charge is 2.26. The van der Waals surface area contributed by atoms with Gasteiger partial charge < -0.3 is 14.7 Å². The number of amides is 2. The zero-order chi connectivity index (χ0) is 22.5. The smallest absolute Gasteiger partial charge is 0.320 e. The van der Waals surface area contributed by atoms with Crippen LogP contribution < -0.4 is 4.90 Å². The molecular formula is C23H26F2N6O. The van der Waals surface area contributed by atoms with E-state index in [1.165, 1.54) is 17.0 Å². The number of carbonyl (C=O) groups is 1. The van der Waals surface area contributed by atoms with Crippen LogP contribution in [0, 0.1) is 12.7 Å². The Balaban J connectivity index is 1.42. The van der Waals surface area contributed by atoms with Crippen LogP contribution in [0.25, 0.3) is 5.69 Å². The Kier molecular flexibility index (Phi) is 6.63. The Morgan fingerprint density at radius 2 is 1.81 bits per heavy atom. The van der Waals surface area contributed by atoms with Gasteiger partial charge in [0, 0.05) is 45.1 Å². The third kappa shape index (κ3) is 4.87. The molecule has 0 bridgehead atoms. The first kappa shape index (κ1) is 21.7. The van der Waals surface area contributed by atoms with Crippen molar-refractivity contribution in [1.29, 1.82) is 0 Å². The number of piperazine rings is 1. The van der Waals surface area contributed by atoms with E-state index in [1.54, 1.807) is 29.4 Å². The first-order valence-electron chi connectivity index (χ1n) is 10.6. The molecule has 2 aromatic heterocycles. The lowest BCUT2D eigenvalue weighted by atomic mass is 10.2. The van der Waals surface area contributed by atoms with Gasteiger partial charge >= 0.3 is 6.03 Å². The van der Waals surface area contributed by atoms with Gasteiger partial charge in [-0.25, -0.2) is 18.3 Å².